The van der Waals surface area contributed by atoms with Gasteiger partial charge in [-0.3, -0.25) is 19.5 Å². The lowest BCUT2D eigenvalue weighted by atomic mass is 9.84. The van der Waals surface area contributed by atoms with Crippen molar-refractivity contribution in [2.24, 2.45) is 17.9 Å². The lowest BCUT2D eigenvalue weighted by molar-refractivity contribution is -0.659. The van der Waals surface area contributed by atoms with E-state index in [0.29, 0.717) is 23.2 Å². The number of nitrogens with one attached hydrogen (secondary N) is 2. The maximum absolute atomic E-state index is 13.5. The van der Waals surface area contributed by atoms with Crippen LogP contribution in [0.3, 0.4) is 0 Å². The number of aliphatic carboxylic acids is 1. The van der Waals surface area contributed by atoms with Gasteiger partial charge in [0, 0.05) is 17.5 Å². The molecule has 20 nitrogen and oxygen atoms in total. The Hall–Kier alpha value is -5.00. The van der Waals surface area contributed by atoms with Crippen molar-refractivity contribution in [2.45, 2.75) is 63.0 Å². The van der Waals surface area contributed by atoms with Crippen LogP contribution < -0.4 is 31.4 Å². The van der Waals surface area contributed by atoms with Crippen LogP contribution in [0.5, 0.6) is 5.75 Å². The molecule has 1 fully saturated rings. The van der Waals surface area contributed by atoms with E-state index in [1.807, 2.05) is 12.3 Å². The maximum Gasteiger partial charge on any atom is 0.418 e. The normalized spacial score (nSPS) is 20.1. The second kappa shape index (κ2) is 14.6. The number of nitrogens with two attached hydrogens (primary N) is 2. The van der Waals surface area contributed by atoms with Gasteiger partial charge in [-0.2, -0.15) is 13.5 Å². The molecule has 280 valence electrons. The molecule has 0 aliphatic carbocycles. The van der Waals surface area contributed by atoms with Gasteiger partial charge in [-0.15, -0.1) is 15.6 Å². The number of hydrogen-bond donors (Lipinski definition) is 7. The third-order valence-electron chi connectivity index (χ3n) is 8.57. The predicted octanol–water partition coefficient (Wildman–Crippen LogP) is -0.859. The first kappa shape index (κ1) is 38.2. The van der Waals surface area contributed by atoms with Crippen molar-refractivity contribution in [1.29, 1.82) is 0 Å². The molecule has 0 bridgehead atoms. The molecule has 4 atom stereocenters. The average Bonchev–Trinajstić information content (AvgIpc) is 3.53. The van der Waals surface area contributed by atoms with Crippen molar-refractivity contribution in [1.82, 2.24) is 20.3 Å². The number of hydrogen-bond acceptors (Lipinski definition) is 16. The highest BCUT2D eigenvalue weighted by molar-refractivity contribution is 7.80. The van der Waals surface area contributed by atoms with E-state index in [0.717, 1.165) is 28.0 Å². The van der Waals surface area contributed by atoms with Gasteiger partial charge in [-0.1, -0.05) is 16.2 Å². The fraction of sp³-hybridized carbons (Fsp3) is 0.433. The van der Waals surface area contributed by atoms with Crippen LogP contribution >= 0.6 is 11.3 Å². The van der Waals surface area contributed by atoms with Crippen molar-refractivity contribution in [3.05, 3.63) is 47.2 Å². The minimum atomic E-state index is -5.04. The Morgan fingerprint density at radius 2 is 2.06 bits per heavy atom. The summed E-state index contributed by atoms with van der Waals surface area (Å²) >= 11 is 0.959. The summed E-state index contributed by atoms with van der Waals surface area (Å²) in [5, 5.41) is 31.2. The number of carbonyl (C=O) groups excluding carboxylic acids is 2. The number of aliphatic hydroxyl groups excluding tert-OH is 1. The number of nitrogen functional groups attached to an aromatic ring is 1. The van der Waals surface area contributed by atoms with Gasteiger partial charge in [-0.05, 0) is 56.9 Å². The number of oxime groups is 1. The van der Waals surface area contributed by atoms with E-state index in [2.05, 4.69) is 30.0 Å². The zero-order chi connectivity index (χ0) is 38.2. The Balaban J connectivity index is 1.34. The highest BCUT2D eigenvalue weighted by Crippen LogP contribution is 2.37. The number of carboxylic acids is 1. The Morgan fingerprint density at radius 3 is 2.65 bits per heavy atom. The number of β-lactam (4-membered cyclic amide) rings is 1. The number of carbonyl (C=O) groups is 3. The molecule has 9 N–H and O–H groups in total. The highest BCUT2D eigenvalue weighted by atomic mass is 32.3. The Kier molecular flexibility index (Phi) is 10.7. The molecule has 4 heterocycles. The number of ether oxygens (including phenoxy) is 1. The van der Waals surface area contributed by atoms with Gasteiger partial charge in [0.1, 0.15) is 23.7 Å². The van der Waals surface area contributed by atoms with E-state index in [4.69, 9.17) is 25.6 Å². The summed E-state index contributed by atoms with van der Waals surface area (Å²) in [4.78, 5) is 52.9. The first-order valence-electron chi connectivity index (χ1n) is 15.6. The van der Waals surface area contributed by atoms with Crippen LogP contribution in [0.4, 0.5) is 11.1 Å². The molecule has 2 aliphatic heterocycles. The van der Waals surface area contributed by atoms with Gasteiger partial charge < -0.3 is 36.6 Å². The van der Waals surface area contributed by atoms with Gasteiger partial charge >= 0.3 is 22.3 Å². The molecule has 2 amide bonds. The summed E-state index contributed by atoms with van der Waals surface area (Å²) in [6, 6.07) is 4.06. The van der Waals surface area contributed by atoms with Crippen LogP contribution in [-0.4, -0.2) is 104 Å². The van der Waals surface area contributed by atoms with Gasteiger partial charge in [0.2, 0.25) is 0 Å². The number of nitrogens with zero attached hydrogens (tertiary/aromatic N) is 5. The number of amides is 2. The summed E-state index contributed by atoms with van der Waals surface area (Å²) < 4.78 is 43.6. The number of fused-ring (bicyclic) bond motifs is 1. The highest BCUT2D eigenvalue weighted by Gasteiger charge is 2.58. The maximum atomic E-state index is 13.5. The lowest BCUT2D eigenvalue weighted by Crippen LogP contribution is -2.76. The molecule has 2 aromatic heterocycles. The number of aliphatic hydroxyl groups is 1. The Bertz CT molecular complexity index is 2020. The minimum absolute atomic E-state index is 0.0513. The minimum Gasteiger partial charge on any atom is -0.485 e. The van der Waals surface area contributed by atoms with Crippen molar-refractivity contribution < 1.29 is 56.0 Å². The summed E-state index contributed by atoms with van der Waals surface area (Å²) in [5.74, 6) is -2.52. The fourth-order valence-electron chi connectivity index (χ4n) is 5.49. The third kappa shape index (κ3) is 7.90. The van der Waals surface area contributed by atoms with E-state index < -0.39 is 63.3 Å². The van der Waals surface area contributed by atoms with Crippen LogP contribution in [0.25, 0.3) is 11.1 Å². The molecule has 1 aromatic carbocycles. The second-order valence-electron chi connectivity index (χ2n) is 12.7. The molecule has 2 unspecified atom stereocenters. The molecule has 22 heteroatoms. The SMILES string of the molecule is C[n+]1cc(-c2ccc3c(c2)CC[C@H](C(C)(O/N=C(\C(=O)N[C@@H]2C(=O)N(OS(=O)(=O)O)C2(C)C)c2csc(N)n2)C(=O)O)O3)cnc1NCC(O)CN. The lowest BCUT2D eigenvalue weighted by Gasteiger charge is -2.50. The largest absolute Gasteiger partial charge is 0.485 e. The van der Waals surface area contributed by atoms with Gasteiger partial charge in [-0.25, -0.2) is 14.3 Å². The molecular weight excluding hydrogens is 727 g/mol. The summed E-state index contributed by atoms with van der Waals surface area (Å²) in [5.41, 5.74) is 9.46. The quantitative estimate of drug-likeness (QED) is 0.0346. The van der Waals surface area contributed by atoms with Crippen LogP contribution in [0, 0.1) is 0 Å². The third-order valence-corrected chi connectivity index (χ3v) is 9.58. The smallest absolute Gasteiger partial charge is 0.418 e. The molecule has 5 rings (SSSR count). The van der Waals surface area contributed by atoms with E-state index >= 15 is 0 Å². The topological polar surface area (TPSA) is 295 Å². The summed E-state index contributed by atoms with van der Waals surface area (Å²) in [7, 11) is -3.24. The fourth-order valence-corrected chi connectivity index (χ4v) is 6.49. The van der Waals surface area contributed by atoms with Crippen molar-refractivity contribution in [3.8, 4) is 16.9 Å². The van der Waals surface area contributed by atoms with E-state index in [-0.39, 0.29) is 30.3 Å². The van der Waals surface area contributed by atoms with E-state index in [1.165, 1.54) is 26.2 Å². The first-order chi connectivity index (χ1) is 24.3. The number of anilines is 2. The Morgan fingerprint density at radius 1 is 1.33 bits per heavy atom. The number of hydroxylamine groups is 2. The number of benzene rings is 1. The van der Waals surface area contributed by atoms with Crippen molar-refractivity contribution >= 4 is 56.3 Å². The molecule has 0 saturated carbocycles. The standard InChI is InChI=1S/C30H37N9O11S2/c1-29(2)23(25(42)39(29)50-52(45,46)47)36-24(41)22(19-14-51-27(32)35-19)37-49-30(3,26(43)44)21-8-6-16-9-15(5-7-20(16)48-21)17-11-33-28(38(4)13-17)34-12-18(40)10-31/h5,7,9,11,13-14,18,21,23,40H,6,8,10,12,31H2,1-4H3,(H5,32,35,36,41,43,44,45,46,47)/p+1/b37-22-/t18?,21-,23-,30?/m1/s1. The van der Waals surface area contributed by atoms with Gasteiger partial charge in [0.05, 0.1) is 31.4 Å². The van der Waals surface area contributed by atoms with E-state index in [9.17, 15) is 33.0 Å². The van der Waals surface area contributed by atoms with Crippen molar-refractivity contribution in [2.75, 3.05) is 24.1 Å². The number of aromatic nitrogens is 3. The molecule has 1 saturated heterocycles. The van der Waals surface area contributed by atoms with Crippen molar-refractivity contribution in [3.63, 3.8) is 0 Å². The second-order valence-corrected chi connectivity index (χ2v) is 14.6. The van der Waals surface area contributed by atoms with Gasteiger partial charge in [0.15, 0.2) is 16.9 Å². The molecule has 2 aliphatic rings. The summed E-state index contributed by atoms with van der Waals surface area (Å²) in [6.07, 6.45) is 2.33. The zero-order valence-corrected chi connectivity index (χ0v) is 30.0. The summed E-state index contributed by atoms with van der Waals surface area (Å²) in [6.45, 7) is 4.32. The molecule has 0 radical (unpaired) electrons. The Labute approximate surface area is 301 Å². The molecule has 52 heavy (non-hydrogen) atoms. The molecule has 0 spiro atoms. The molecule has 3 aromatic rings. The number of carboxylic acid groups (broad SMARTS) is 1. The van der Waals surface area contributed by atoms with Crippen LogP contribution in [0.15, 0.2) is 41.1 Å². The number of aryl methyl sites for hydroxylation is 2. The predicted molar refractivity (Wildman–Crippen MR) is 183 cm³/mol. The average molecular weight is 765 g/mol. The van der Waals surface area contributed by atoms with Gasteiger partial charge in [0.25, 0.3) is 17.4 Å². The molecular formula is C30H38N9O11S2+. The number of thiazole rings is 1. The first-order valence-corrected chi connectivity index (χ1v) is 17.9. The van der Waals surface area contributed by atoms with Crippen LogP contribution in [0.2, 0.25) is 0 Å². The van der Waals surface area contributed by atoms with E-state index in [1.54, 1.807) is 29.9 Å². The monoisotopic (exact) mass is 764 g/mol. The number of rotatable bonds is 14. The van der Waals surface area contributed by atoms with Crippen LogP contribution in [0.1, 0.15) is 38.4 Å². The zero-order valence-electron chi connectivity index (χ0n) is 28.3. The van der Waals surface area contributed by atoms with Crippen LogP contribution in [-0.2, 0) is 47.4 Å².